The third-order valence-electron chi connectivity index (χ3n) is 12.0. The number of carbonyl (C=O) groups excluding carboxylic acids is 2. The molecular weight excluding hydrogens is 833 g/mol. The number of ether oxygens (including phenoxy) is 1. The van der Waals surface area contributed by atoms with E-state index < -0.39 is 0 Å². The van der Waals surface area contributed by atoms with Crippen molar-refractivity contribution in [1.29, 1.82) is 0 Å². The first-order chi connectivity index (χ1) is 31.4. The van der Waals surface area contributed by atoms with Gasteiger partial charge in [0.25, 0.3) is 0 Å². The number of rotatable bonds is 22. The number of anilines is 2. The third kappa shape index (κ3) is 11.4. The molecule has 2 aromatic heterocycles. The average molecular weight is 893 g/mol. The van der Waals surface area contributed by atoms with Crippen LogP contribution in [0, 0.1) is 0 Å². The van der Waals surface area contributed by atoms with Crippen molar-refractivity contribution in [3.05, 3.63) is 143 Å². The minimum absolute atomic E-state index is 0.0660. The Morgan fingerprint density at radius 2 is 1.09 bits per heavy atom. The minimum atomic E-state index is 0.0660. The SMILES string of the molecule is CN1C(=Cc2cc[n+](CCCCCC(=O)CNCCOCCNC(=O)CCCCC[n+]3ccc(C=C4Sc5ccccc5N4C)c4ccccc43)c3ccccc23)Sc2ccccc21. The van der Waals surface area contributed by atoms with Crippen LogP contribution in [0.1, 0.15) is 62.5 Å². The van der Waals surface area contributed by atoms with Crippen molar-refractivity contribution >= 4 is 80.5 Å². The molecule has 4 aromatic carbocycles. The van der Waals surface area contributed by atoms with E-state index in [9.17, 15) is 9.59 Å². The van der Waals surface area contributed by atoms with Gasteiger partial charge < -0.3 is 25.2 Å². The van der Waals surface area contributed by atoms with Crippen LogP contribution in [0.2, 0.25) is 0 Å². The molecule has 8 rings (SSSR count). The number of ketones is 1. The molecule has 0 unspecified atom stereocenters. The Kier molecular flexibility index (Phi) is 15.8. The summed E-state index contributed by atoms with van der Waals surface area (Å²) in [5.41, 5.74) is 7.38. The molecule has 0 fully saturated rings. The fraction of sp³-hybridized carbons (Fsp3) is 0.321. The lowest BCUT2D eigenvalue weighted by Crippen LogP contribution is -2.34. The molecular formula is C53H60N6O3S2+2. The van der Waals surface area contributed by atoms with Crippen LogP contribution in [0.3, 0.4) is 0 Å². The zero-order valence-corrected chi connectivity index (χ0v) is 38.8. The lowest BCUT2D eigenvalue weighted by molar-refractivity contribution is -0.672. The number of thioether (sulfide) groups is 2. The molecule has 11 heteroatoms. The molecule has 6 aromatic rings. The van der Waals surface area contributed by atoms with Gasteiger partial charge in [-0.3, -0.25) is 9.59 Å². The minimum Gasteiger partial charge on any atom is -0.378 e. The lowest BCUT2D eigenvalue weighted by Gasteiger charge is -2.13. The molecule has 2 N–H and O–H groups in total. The van der Waals surface area contributed by atoms with Crippen LogP contribution < -0.4 is 29.6 Å². The quantitative estimate of drug-likeness (QED) is 0.0516. The van der Waals surface area contributed by atoms with Gasteiger partial charge in [-0.15, -0.1) is 0 Å². The second-order valence-corrected chi connectivity index (χ2v) is 18.6. The molecule has 330 valence electrons. The number of para-hydroxylation sites is 4. The van der Waals surface area contributed by atoms with Gasteiger partial charge >= 0.3 is 0 Å². The average Bonchev–Trinajstić information content (AvgIpc) is 3.81. The van der Waals surface area contributed by atoms with Gasteiger partial charge in [-0.1, -0.05) is 72.1 Å². The predicted octanol–water partition coefficient (Wildman–Crippen LogP) is 9.76. The summed E-state index contributed by atoms with van der Waals surface area (Å²) in [5.74, 6) is 0.299. The van der Waals surface area contributed by atoms with Crippen LogP contribution in [0.15, 0.2) is 141 Å². The largest absolute Gasteiger partial charge is 0.378 e. The molecule has 9 nitrogen and oxygen atoms in total. The number of aromatic nitrogens is 2. The second kappa shape index (κ2) is 22.4. The third-order valence-corrected chi connectivity index (χ3v) is 14.3. The van der Waals surface area contributed by atoms with Crippen molar-refractivity contribution in [2.75, 3.05) is 56.7 Å². The number of benzene rings is 4. The first-order valence-corrected chi connectivity index (χ1v) is 24.4. The highest BCUT2D eigenvalue weighted by molar-refractivity contribution is 8.04. The summed E-state index contributed by atoms with van der Waals surface area (Å²) >= 11 is 3.63. The fourth-order valence-corrected chi connectivity index (χ4v) is 10.7. The summed E-state index contributed by atoms with van der Waals surface area (Å²) in [5, 5.41) is 11.1. The number of unbranched alkanes of at least 4 members (excludes halogenated alkanes) is 4. The highest BCUT2D eigenvalue weighted by atomic mass is 32.2. The van der Waals surface area contributed by atoms with Gasteiger partial charge in [0.05, 0.1) is 52.0 Å². The first-order valence-electron chi connectivity index (χ1n) is 22.8. The molecule has 4 heterocycles. The number of nitrogens with zero attached hydrogens (tertiary/aromatic N) is 4. The number of hydrogen-bond acceptors (Lipinski definition) is 8. The van der Waals surface area contributed by atoms with Crippen LogP contribution in [0.4, 0.5) is 11.4 Å². The van der Waals surface area contributed by atoms with E-state index in [2.05, 4.69) is 177 Å². The van der Waals surface area contributed by atoms with E-state index >= 15 is 0 Å². The van der Waals surface area contributed by atoms with Crippen molar-refractivity contribution in [3.8, 4) is 0 Å². The molecule has 0 aliphatic carbocycles. The zero-order valence-electron chi connectivity index (χ0n) is 37.1. The lowest BCUT2D eigenvalue weighted by atomic mass is 10.1. The highest BCUT2D eigenvalue weighted by Gasteiger charge is 2.24. The molecule has 2 aliphatic heterocycles. The van der Waals surface area contributed by atoms with Crippen molar-refractivity contribution in [1.82, 2.24) is 10.6 Å². The Hall–Kier alpha value is -5.46. The first kappa shape index (κ1) is 45.1. The summed E-state index contributed by atoms with van der Waals surface area (Å²) in [6.45, 7) is 4.25. The number of Topliss-reactive ketones (excluding diaryl/α,β-unsaturated/α-hetero) is 1. The molecule has 0 atom stereocenters. The van der Waals surface area contributed by atoms with Crippen molar-refractivity contribution in [2.45, 2.75) is 74.2 Å². The maximum Gasteiger partial charge on any atom is 0.220 e. The molecule has 0 radical (unpaired) electrons. The smallest absolute Gasteiger partial charge is 0.220 e. The molecule has 0 saturated carbocycles. The monoisotopic (exact) mass is 892 g/mol. The van der Waals surface area contributed by atoms with E-state index in [0.717, 1.165) is 51.6 Å². The van der Waals surface area contributed by atoms with Gasteiger partial charge in [0, 0.05) is 86.9 Å². The fourth-order valence-electron chi connectivity index (χ4n) is 8.46. The van der Waals surface area contributed by atoms with Crippen LogP contribution in [0.25, 0.3) is 34.0 Å². The van der Waals surface area contributed by atoms with Gasteiger partial charge in [-0.25, -0.2) is 0 Å². The molecule has 1 amide bonds. The summed E-state index contributed by atoms with van der Waals surface area (Å²) < 4.78 is 10.4. The van der Waals surface area contributed by atoms with Crippen molar-refractivity contribution in [2.24, 2.45) is 0 Å². The van der Waals surface area contributed by atoms with E-state index in [-0.39, 0.29) is 11.7 Å². The van der Waals surface area contributed by atoms with Crippen molar-refractivity contribution in [3.63, 3.8) is 0 Å². The maximum atomic E-state index is 12.5. The number of aryl methyl sites for hydroxylation is 2. The molecule has 0 bridgehead atoms. The van der Waals surface area contributed by atoms with E-state index in [4.69, 9.17) is 4.74 Å². The summed E-state index contributed by atoms with van der Waals surface area (Å²) in [6, 6.07) is 38.7. The Bertz CT molecular complexity index is 2470. The topological polar surface area (TPSA) is 81.7 Å². The normalized spacial score (nSPS) is 14.5. The standard InChI is InChI=1S/C53H59N6O3S2/c1-56-47-22-11-13-24-49(47)63-52(56)37-40-27-33-58(45-20-9-7-18-43(40)45)31-15-3-5-17-42(60)39-54-29-35-62-36-30-55-51(61)26-6-4-16-32-59-34-28-41(44-19-8-10-21-46(44)59)38-53-57(2)48-23-12-14-25-50(48)64-53/h7-14,18-25,27-28,33-34,37-38,54H,3-6,15-17,26,29-32,35-36,39H2,1-2H3/q+1/p+1. The van der Waals surface area contributed by atoms with Crippen LogP contribution >= 0.6 is 23.5 Å². The second-order valence-electron chi connectivity index (χ2n) is 16.5. The molecule has 0 spiro atoms. The van der Waals surface area contributed by atoms with Gasteiger partial charge in [-0.05, 0) is 85.4 Å². The van der Waals surface area contributed by atoms with Crippen LogP contribution in [-0.2, 0) is 27.4 Å². The Morgan fingerprint density at radius 1 is 0.594 bits per heavy atom. The molecule has 2 aliphatic rings. The summed E-state index contributed by atoms with van der Waals surface area (Å²) in [4.78, 5) is 32.1. The Balaban J connectivity index is 0.648. The summed E-state index contributed by atoms with van der Waals surface area (Å²) in [6.07, 6.45) is 15.8. The van der Waals surface area contributed by atoms with Gasteiger partial charge in [0.1, 0.15) is 18.9 Å². The van der Waals surface area contributed by atoms with E-state index in [0.29, 0.717) is 45.7 Å². The predicted molar refractivity (Wildman–Crippen MR) is 264 cm³/mol. The van der Waals surface area contributed by atoms with Crippen molar-refractivity contribution < 1.29 is 23.5 Å². The number of pyridine rings is 2. The molecule has 0 saturated heterocycles. The van der Waals surface area contributed by atoms with E-state index in [1.54, 1.807) is 0 Å². The molecule has 64 heavy (non-hydrogen) atoms. The Morgan fingerprint density at radius 3 is 1.66 bits per heavy atom. The number of carbonyl (C=O) groups is 2. The summed E-state index contributed by atoms with van der Waals surface area (Å²) in [7, 11) is 4.27. The maximum absolute atomic E-state index is 12.5. The van der Waals surface area contributed by atoms with Gasteiger partial charge in [0.15, 0.2) is 12.4 Å². The number of fused-ring (bicyclic) bond motifs is 4. The Labute approximate surface area is 386 Å². The van der Waals surface area contributed by atoms with E-state index in [1.165, 1.54) is 64.2 Å². The van der Waals surface area contributed by atoms with Crippen LogP contribution in [0.5, 0.6) is 0 Å². The van der Waals surface area contributed by atoms with Gasteiger partial charge in [0.2, 0.25) is 16.9 Å². The highest BCUT2D eigenvalue weighted by Crippen LogP contribution is 2.46. The van der Waals surface area contributed by atoms with E-state index in [1.807, 2.05) is 23.5 Å². The van der Waals surface area contributed by atoms with Crippen LogP contribution in [-0.4, -0.2) is 58.6 Å². The number of hydrogen-bond donors (Lipinski definition) is 2. The number of amides is 1. The number of nitrogens with one attached hydrogen (secondary N) is 2. The van der Waals surface area contributed by atoms with Gasteiger partial charge in [-0.2, -0.15) is 9.13 Å². The zero-order chi connectivity index (χ0) is 44.1.